The van der Waals surface area contributed by atoms with Gasteiger partial charge in [0.05, 0.1) is 6.42 Å². The van der Waals surface area contributed by atoms with Crippen molar-refractivity contribution in [2.75, 3.05) is 39.6 Å². The molecule has 0 N–H and O–H groups in total. The predicted molar refractivity (Wildman–Crippen MR) is 131 cm³/mol. The molecule has 0 aromatic heterocycles. The molecule has 1 atom stereocenters. The lowest BCUT2D eigenvalue weighted by molar-refractivity contribution is -0.165. The van der Waals surface area contributed by atoms with E-state index in [4.69, 9.17) is 27.5 Å². The van der Waals surface area contributed by atoms with Crippen molar-refractivity contribution in [2.45, 2.75) is 65.7 Å². The summed E-state index contributed by atoms with van der Waals surface area (Å²) in [4.78, 5) is 50.4. The van der Waals surface area contributed by atoms with Crippen LogP contribution < -0.4 is 0 Å². The number of esters is 3. The van der Waals surface area contributed by atoms with E-state index < -0.39 is 32.8 Å². The molecule has 12 heteroatoms. The summed E-state index contributed by atoms with van der Waals surface area (Å²) < 4.78 is 33.1. The Hall–Kier alpha value is -2.54. The van der Waals surface area contributed by atoms with E-state index in [1.54, 1.807) is 4.90 Å². The van der Waals surface area contributed by atoms with E-state index in [2.05, 4.69) is 13.2 Å². The van der Waals surface area contributed by atoms with Gasteiger partial charge in [-0.25, -0.2) is 9.59 Å². The molecule has 1 heterocycles. The van der Waals surface area contributed by atoms with Gasteiger partial charge in [0.25, 0.3) is 0 Å². The minimum Gasteiger partial charge on any atom is -0.458 e. The quantitative estimate of drug-likeness (QED) is 0.120. The van der Waals surface area contributed by atoms with Gasteiger partial charge in [-0.05, 0) is 41.0 Å². The van der Waals surface area contributed by atoms with Crippen LogP contribution in [0.3, 0.4) is 0 Å². The van der Waals surface area contributed by atoms with Crippen molar-refractivity contribution in [3.05, 3.63) is 24.3 Å². The monoisotopic (exact) mass is 529 g/mol. The van der Waals surface area contributed by atoms with Gasteiger partial charge >= 0.3 is 26.7 Å². The number of carbonyl (C=O) groups excluding carboxylic acids is 4. The van der Waals surface area contributed by atoms with Crippen molar-refractivity contribution >= 4 is 32.6 Å². The van der Waals surface area contributed by atoms with Crippen LogP contribution in [0.4, 0.5) is 0 Å². The Morgan fingerprint density at radius 3 is 1.69 bits per heavy atom. The fourth-order valence-electron chi connectivity index (χ4n) is 3.37. The molecule has 1 amide bonds. The lowest BCUT2D eigenvalue weighted by Gasteiger charge is -2.47. The van der Waals surface area contributed by atoms with E-state index in [0.717, 1.165) is 0 Å². The third-order valence-corrected chi connectivity index (χ3v) is 8.61. The molecule has 1 aliphatic rings. The Balaban J connectivity index is 2.73. The highest BCUT2D eigenvalue weighted by Crippen LogP contribution is 2.30. The number of rotatable bonds is 17. The molecule has 0 aliphatic carbocycles. The summed E-state index contributed by atoms with van der Waals surface area (Å²) in [5.74, 6) is -2.30. The first-order chi connectivity index (χ1) is 17.0. The molecular weight excluding hydrogens is 490 g/mol. The fourth-order valence-corrected chi connectivity index (χ4v) is 6.54. The summed E-state index contributed by atoms with van der Waals surface area (Å²) in [5.41, 5.74) is 0.0238. The van der Waals surface area contributed by atoms with Crippen molar-refractivity contribution in [1.82, 2.24) is 4.90 Å². The van der Waals surface area contributed by atoms with Gasteiger partial charge in [-0.3, -0.25) is 9.59 Å². The van der Waals surface area contributed by atoms with Crippen LogP contribution in [0.25, 0.3) is 0 Å². The van der Waals surface area contributed by atoms with Gasteiger partial charge in [-0.15, -0.1) is 0 Å². The van der Waals surface area contributed by atoms with Crippen molar-refractivity contribution in [2.24, 2.45) is 0 Å². The van der Waals surface area contributed by atoms with Crippen molar-refractivity contribution < 1.29 is 46.7 Å². The summed E-state index contributed by atoms with van der Waals surface area (Å²) >= 11 is 0. The molecule has 0 radical (unpaired) electrons. The van der Waals surface area contributed by atoms with Gasteiger partial charge in [-0.1, -0.05) is 13.2 Å². The summed E-state index contributed by atoms with van der Waals surface area (Å²) in [6, 6.07) is 0. The SMILES string of the molecule is C=C(C)C(=O)OCC(COC(=O)C(=C)C)OC(=O)CCC(=O)N1CCC1[Si](OCC)(OCC)OCC. The molecule has 0 aromatic carbocycles. The molecule has 11 nitrogen and oxygen atoms in total. The van der Waals surface area contributed by atoms with Crippen LogP contribution in [0.2, 0.25) is 0 Å². The standard InChI is InChI=1S/C24H39NO10Si/c1-8-32-36(33-9-2,34-10-3)21-13-14-25(21)20(26)11-12-22(27)35-19(15-30-23(28)17(4)5)16-31-24(29)18(6)7/h19,21H,4,6,8-16H2,1-3,5,7H3. The fraction of sp³-hybridized carbons (Fsp3) is 0.667. The zero-order valence-electron chi connectivity index (χ0n) is 22.0. The number of ether oxygens (including phenoxy) is 3. The Bertz CT molecular complexity index is 768. The number of nitrogens with zero attached hydrogens (tertiary/aromatic N) is 1. The van der Waals surface area contributed by atoms with Crippen LogP contribution in [-0.4, -0.2) is 88.9 Å². The highest BCUT2D eigenvalue weighted by molar-refractivity contribution is 6.63. The van der Waals surface area contributed by atoms with E-state index in [1.807, 2.05) is 20.8 Å². The minimum absolute atomic E-state index is 0.103. The second-order valence-electron chi connectivity index (χ2n) is 8.16. The van der Waals surface area contributed by atoms with Gasteiger partial charge in [0.2, 0.25) is 5.91 Å². The molecule has 1 fully saturated rings. The first-order valence-electron chi connectivity index (χ1n) is 12.1. The summed E-state index contributed by atoms with van der Waals surface area (Å²) in [6.45, 7) is 16.5. The van der Waals surface area contributed by atoms with Crippen LogP contribution in [0.15, 0.2) is 24.3 Å². The number of likely N-dealkylation sites (tertiary alicyclic amines) is 1. The van der Waals surface area contributed by atoms with Crippen LogP contribution >= 0.6 is 0 Å². The molecule has 1 rings (SSSR count). The first-order valence-corrected chi connectivity index (χ1v) is 13.9. The largest absolute Gasteiger partial charge is 0.524 e. The Morgan fingerprint density at radius 2 is 1.33 bits per heavy atom. The molecule has 1 aliphatic heterocycles. The van der Waals surface area contributed by atoms with Gasteiger partial charge < -0.3 is 32.4 Å². The normalized spacial score (nSPS) is 15.2. The maximum atomic E-state index is 12.9. The maximum absolute atomic E-state index is 12.9. The number of amides is 1. The Kier molecular flexibility index (Phi) is 13.6. The van der Waals surface area contributed by atoms with E-state index >= 15 is 0 Å². The number of hydrogen-bond acceptors (Lipinski definition) is 10. The van der Waals surface area contributed by atoms with Gasteiger partial charge in [0.15, 0.2) is 6.10 Å². The van der Waals surface area contributed by atoms with Crippen molar-refractivity contribution in [1.29, 1.82) is 0 Å². The van der Waals surface area contributed by atoms with Gasteiger partial charge in [0, 0.05) is 43.9 Å². The van der Waals surface area contributed by atoms with E-state index in [0.29, 0.717) is 32.8 Å². The van der Waals surface area contributed by atoms with Crippen LogP contribution in [0.5, 0.6) is 0 Å². The maximum Gasteiger partial charge on any atom is 0.524 e. The molecule has 1 unspecified atom stereocenters. The van der Waals surface area contributed by atoms with Crippen LogP contribution in [0.1, 0.15) is 53.9 Å². The van der Waals surface area contributed by atoms with E-state index in [9.17, 15) is 19.2 Å². The molecule has 204 valence electrons. The average Bonchev–Trinajstić information content (AvgIpc) is 2.78. The third kappa shape index (κ3) is 9.49. The Labute approximate surface area is 214 Å². The summed E-state index contributed by atoms with van der Waals surface area (Å²) in [5, 5.41) is 0. The summed E-state index contributed by atoms with van der Waals surface area (Å²) in [6.07, 6.45) is -0.681. The number of hydrogen-bond donors (Lipinski definition) is 0. The van der Waals surface area contributed by atoms with E-state index in [1.165, 1.54) is 13.8 Å². The van der Waals surface area contributed by atoms with Crippen molar-refractivity contribution in [3.8, 4) is 0 Å². The zero-order chi connectivity index (χ0) is 27.3. The molecule has 1 saturated heterocycles. The molecule has 0 bridgehead atoms. The topological polar surface area (TPSA) is 127 Å². The first kappa shape index (κ1) is 31.5. The van der Waals surface area contributed by atoms with Crippen LogP contribution in [0, 0.1) is 0 Å². The lowest BCUT2D eigenvalue weighted by atomic mass is 10.1. The predicted octanol–water partition coefficient (Wildman–Crippen LogP) is 2.11. The van der Waals surface area contributed by atoms with Gasteiger partial charge in [0.1, 0.15) is 18.9 Å². The second kappa shape index (κ2) is 15.5. The second-order valence-corrected chi connectivity index (χ2v) is 10.9. The highest BCUT2D eigenvalue weighted by atomic mass is 28.4. The molecule has 0 saturated carbocycles. The smallest absolute Gasteiger partial charge is 0.458 e. The molecule has 36 heavy (non-hydrogen) atoms. The summed E-state index contributed by atoms with van der Waals surface area (Å²) in [7, 11) is -3.10. The minimum atomic E-state index is -3.10. The Morgan fingerprint density at radius 1 is 0.861 bits per heavy atom. The lowest BCUT2D eigenvalue weighted by Crippen LogP contribution is -2.69. The number of carbonyl (C=O) groups is 4. The third-order valence-electron chi connectivity index (χ3n) is 5.12. The molecule has 0 aromatic rings. The zero-order valence-corrected chi connectivity index (χ0v) is 23.0. The molecule has 0 spiro atoms. The van der Waals surface area contributed by atoms with Gasteiger partial charge in [-0.2, -0.15) is 0 Å². The molecular formula is C24H39NO10Si. The average molecular weight is 530 g/mol. The van der Waals surface area contributed by atoms with Crippen molar-refractivity contribution in [3.63, 3.8) is 0 Å². The highest BCUT2D eigenvalue weighted by Gasteiger charge is 2.57. The van der Waals surface area contributed by atoms with Crippen LogP contribution in [-0.2, 0) is 46.7 Å². The van der Waals surface area contributed by atoms with E-state index in [-0.39, 0.29) is 48.8 Å².